The molecule has 0 spiro atoms. The standard InChI is InChI=1S/C67H48N3.Ir/c1-46(2)40-47-26-37-67(70-45-47)53-35-36-63(64(44-53)48-16-4-3-5-17-48)62-23-11-10-22-61(62)56-42-54(59-20-8-6-18-57(59)49-27-31-51(32-28-49)65-24-12-14-38-68-65)41-55(43-56)60-21-9-7-19-58(60)50-29-33-52(34-30-50)66-25-13-15-39-69-66;/h3-31,33,36-39,41-46H,40H2,1-2H3;/q-3;+3. The van der Waals surface area contributed by atoms with E-state index in [4.69, 9.17) is 4.98 Å². The van der Waals surface area contributed by atoms with Gasteiger partial charge < -0.3 is 15.0 Å². The Labute approximate surface area is 431 Å². The molecule has 4 heteroatoms. The Balaban J connectivity index is 0.00000582. The molecule has 0 atom stereocenters. The maximum Gasteiger partial charge on any atom is 3.00 e. The Hall–Kier alpha value is -8.14. The fourth-order valence-corrected chi connectivity index (χ4v) is 9.48. The van der Waals surface area contributed by atoms with Gasteiger partial charge in [-0.3, -0.25) is 0 Å². The van der Waals surface area contributed by atoms with E-state index in [1.807, 2.05) is 55.0 Å². The molecule has 0 bridgehead atoms. The molecule has 0 aliphatic rings. The van der Waals surface area contributed by atoms with Gasteiger partial charge in [0.25, 0.3) is 0 Å². The second-order valence-electron chi connectivity index (χ2n) is 18.0. The van der Waals surface area contributed by atoms with Gasteiger partial charge in [-0.15, -0.1) is 83.4 Å². The number of hydrogen-bond donors (Lipinski definition) is 0. The number of rotatable bonds is 12. The van der Waals surface area contributed by atoms with Crippen LogP contribution in [0, 0.1) is 24.1 Å². The molecule has 0 fully saturated rings. The first-order chi connectivity index (χ1) is 34.5. The zero-order valence-corrected chi connectivity index (χ0v) is 41.9. The van der Waals surface area contributed by atoms with Crippen LogP contribution in [0.4, 0.5) is 0 Å². The number of nitrogens with zero attached hydrogens (tertiary/aromatic N) is 3. The minimum absolute atomic E-state index is 0. The summed E-state index contributed by atoms with van der Waals surface area (Å²) in [7, 11) is 0. The zero-order valence-electron chi connectivity index (χ0n) is 39.5. The van der Waals surface area contributed by atoms with Gasteiger partial charge in [-0.1, -0.05) is 192 Å². The average molecular weight is 1090 g/mol. The van der Waals surface area contributed by atoms with Crippen molar-refractivity contribution in [3.8, 4) is 112 Å². The van der Waals surface area contributed by atoms with E-state index < -0.39 is 0 Å². The van der Waals surface area contributed by atoms with Crippen LogP contribution < -0.4 is 0 Å². The molecule has 0 aliphatic heterocycles. The third-order valence-corrected chi connectivity index (χ3v) is 12.8. The van der Waals surface area contributed by atoms with E-state index in [9.17, 15) is 0 Å². The Bertz CT molecular complexity index is 3410. The van der Waals surface area contributed by atoms with Crippen LogP contribution in [-0.4, -0.2) is 15.0 Å². The molecule has 11 rings (SSSR count). The van der Waals surface area contributed by atoms with E-state index in [-0.39, 0.29) is 20.1 Å². The van der Waals surface area contributed by atoms with Gasteiger partial charge in [-0.25, -0.2) is 0 Å². The minimum Gasteiger partial charge on any atom is -0.305 e. The van der Waals surface area contributed by atoms with Crippen molar-refractivity contribution in [2.75, 3.05) is 0 Å². The molecule has 71 heavy (non-hydrogen) atoms. The van der Waals surface area contributed by atoms with Crippen LogP contribution in [0.3, 0.4) is 0 Å². The molecule has 3 heterocycles. The van der Waals surface area contributed by atoms with Crippen molar-refractivity contribution < 1.29 is 20.1 Å². The van der Waals surface area contributed by atoms with Crippen LogP contribution in [-0.2, 0) is 26.5 Å². The summed E-state index contributed by atoms with van der Waals surface area (Å²) in [5.74, 6) is 0.563. The summed E-state index contributed by atoms with van der Waals surface area (Å²) >= 11 is 0. The molecule has 0 amide bonds. The van der Waals surface area contributed by atoms with Crippen molar-refractivity contribution in [3.05, 3.63) is 261 Å². The molecule has 0 saturated heterocycles. The molecule has 0 unspecified atom stereocenters. The number of benzene rings is 8. The first-order valence-corrected chi connectivity index (χ1v) is 23.9. The average Bonchev–Trinajstić information content (AvgIpc) is 3.43. The Kier molecular flexibility index (Phi) is 13.9. The summed E-state index contributed by atoms with van der Waals surface area (Å²) in [5, 5.41) is 0. The molecular weight excluding hydrogens is 1040 g/mol. The monoisotopic (exact) mass is 1090 g/mol. The van der Waals surface area contributed by atoms with Crippen molar-refractivity contribution in [1.82, 2.24) is 15.0 Å². The molecule has 340 valence electrons. The summed E-state index contributed by atoms with van der Waals surface area (Å²) < 4.78 is 0. The van der Waals surface area contributed by atoms with Crippen LogP contribution in [0.25, 0.3) is 112 Å². The van der Waals surface area contributed by atoms with Crippen LogP contribution >= 0.6 is 0 Å². The molecular formula is C67H48IrN3. The van der Waals surface area contributed by atoms with Gasteiger partial charge in [0.15, 0.2) is 0 Å². The Morgan fingerprint density at radius 1 is 0.338 bits per heavy atom. The van der Waals surface area contributed by atoms with Crippen molar-refractivity contribution in [2.24, 2.45) is 5.92 Å². The molecule has 8 aromatic carbocycles. The van der Waals surface area contributed by atoms with Crippen LogP contribution in [0.1, 0.15) is 19.4 Å². The van der Waals surface area contributed by atoms with Crippen LogP contribution in [0.5, 0.6) is 0 Å². The van der Waals surface area contributed by atoms with E-state index in [1.54, 1.807) is 0 Å². The summed E-state index contributed by atoms with van der Waals surface area (Å²) in [4.78, 5) is 14.1. The fraction of sp³-hybridized carbons (Fsp3) is 0.0597. The van der Waals surface area contributed by atoms with Gasteiger partial charge in [0.2, 0.25) is 0 Å². The second-order valence-corrected chi connectivity index (χ2v) is 18.0. The van der Waals surface area contributed by atoms with Gasteiger partial charge in [-0.05, 0) is 104 Å². The van der Waals surface area contributed by atoms with Crippen LogP contribution in [0.2, 0.25) is 0 Å². The summed E-state index contributed by atoms with van der Waals surface area (Å²) in [5.41, 5.74) is 22.4. The van der Waals surface area contributed by atoms with Crippen LogP contribution in [0.15, 0.2) is 237 Å². The van der Waals surface area contributed by atoms with Gasteiger partial charge in [-0.2, -0.15) is 0 Å². The van der Waals surface area contributed by atoms with E-state index in [0.29, 0.717) is 5.92 Å². The Morgan fingerprint density at radius 3 is 1.24 bits per heavy atom. The molecule has 0 N–H and O–H groups in total. The molecule has 3 aromatic heterocycles. The molecule has 11 aromatic rings. The first kappa shape index (κ1) is 46.6. The maximum absolute atomic E-state index is 4.93. The van der Waals surface area contributed by atoms with E-state index in [2.05, 4.69) is 224 Å². The van der Waals surface area contributed by atoms with Gasteiger partial charge >= 0.3 is 20.1 Å². The van der Waals surface area contributed by atoms with Crippen molar-refractivity contribution in [3.63, 3.8) is 0 Å². The fourth-order valence-electron chi connectivity index (χ4n) is 9.48. The van der Waals surface area contributed by atoms with Gasteiger partial charge in [0.05, 0.1) is 0 Å². The topological polar surface area (TPSA) is 38.7 Å². The quantitative estimate of drug-likeness (QED) is 0.114. The summed E-state index contributed by atoms with van der Waals surface area (Å²) in [6.07, 6.45) is 6.66. The van der Waals surface area contributed by atoms with E-state index in [1.165, 1.54) is 5.56 Å². The number of aromatic nitrogens is 3. The third-order valence-electron chi connectivity index (χ3n) is 12.8. The molecule has 0 radical (unpaired) electrons. The SMILES string of the molecule is CC(C)Cc1ccc(-c2[c-]cc(-c3ccccc3-c3cc(-c4ccccc4-c4c[c-]c(-c5ccccn5)cc4)cc(-c4ccccc4-c4c[c-]c(-c5ccccn5)cc4)c3)c(-c3ccccc3)c2)nc1.[Ir+3]. The molecule has 3 nitrogen and oxygen atoms in total. The second kappa shape index (κ2) is 21.2. The Morgan fingerprint density at radius 2 is 0.789 bits per heavy atom. The van der Waals surface area contributed by atoms with Crippen molar-refractivity contribution in [2.45, 2.75) is 20.3 Å². The predicted octanol–water partition coefficient (Wildman–Crippen LogP) is 17.1. The van der Waals surface area contributed by atoms with Crippen molar-refractivity contribution >= 4 is 0 Å². The largest absolute Gasteiger partial charge is 3.00 e. The van der Waals surface area contributed by atoms with E-state index in [0.717, 1.165) is 118 Å². The first-order valence-electron chi connectivity index (χ1n) is 23.9. The van der Waals surface area contributed by atoms with Gasteiger partial charge in [0.1, 0.15) is 0 Å². The normalized spacial score (nSPS) is 11.0. The molecule has 0 aliphatic carbocycles. The van der Waals surface area contributed by atoms with Crippen molar-refractivity contribution in [1.29, 1.82) is 0 Å². The van der Waals surface area contributed by atoms with E-state index >= 15 is 0 Å². The summed E-state index contributed by atoms with van der Waals surface area (Å²) in [6.45, 7) is 4.48. The summed E-state index contributed by atoms with van der Waals surface area (Å²) in [6, 6.07) is 88.1. The predicted molar refractivity (Wildman–Crippen MR) is 289 cm³/mol. The van der Waals surface area contributed by atoms with Gasteiger partial charge in [0, 0.05) is 18.6 Å². The number of pyridine rings is 3. The number of hydrogen-bond acceptors (Lipinski definition) is 3. The smallest absolute Gasteiger partial charge is 0.305 e. The maximum atomic E-state index is 4.93. The minimum atomic E-state index is 0. The molecule has 0 saturated carbocycles. The third kappa shape index (κ3) is 10.1. The zero-order chi connectivity index (χ0) is 47.2.